The number of allylic oxidation sites excluding steroid dienone is 1. The minimum absolute atomic E-state index is 0.234. The molecule has 0 unspecified atom stereocenters. The molecule has 4 N–H and O–H groups in total. The van der Waals surface area contributed by atoms with E-state index in [1.54, 1.807) is 13.0 Å². The van der Waals surface area contributed by atoms with Crippen LogP contribution in [0, 0.1) is 0 Å². The highest BCUT2D eigenvalue weighted by Gasteiger charge is 1.59. The second-order valence-corrected chi connectivity index (χ2v) is 0.888. The van der Waals surface area contributed by atoms with Gasteiger partial charge in [-0.25, -0.2) is 0 Å². The van der Waals surface area contributed by atoms with Crippen LogP contribution in [0.3, 0.4) is 0 Å². The molecule has 34 valence electrons. The third-order valence-corrected chi connectivity index (χ3v) is 0.311. The fourth-order valence-electron chi connectivity index (χ4n) is 0.167. The van der Waals surface area contributed by atoms with Gasteiger partial charge in [0.25, 0.3) is 0 Å². The molecule has 0 aromatic rings. The van der Waals surface area contributed by atoms with Crippen LogP contribution in [0.4, 0.5) is 0 Å². The maximum atomic E-state index is 4.96. The molecule has 0 spiro atoms. The first-order valence-corrected chi connectivity index (χ1v) is 1.69. The predicted molar refractivity (Wildman–Crippen MR) is 25.6 cm³/mol. The van der Waals surface area contributed by atoms with Crippen molar-refractivity contribution in [2.75, 3.05) is 0 Å². The molecule has 0 aliphatic carbocycles. The van der Waals surface area contributed by atoms with Crippen molar-refractivity contribution in [1.82, 2.24) is 0 Å². The van der Waals surface area contributed by atoms with Crippen molar-refractivity contribution in [3.63, 3.8) is 0 Å². The Balaban J connectivity index is 3.73. The van der Waals surface area contributed by atoms with Crippen LogP contribution in [0.1, 0.15) is 6.92 Å². The van der Waals surface area contributed by atoms with Crippen LogP contribution in [-0.2, 0) is 0 Å². The molecule has 6 heavy (non-hydrogen) atoms. The molecule has 0 aliphatic rings. The van der Waals surface area contributed by atoms with Gasteiger partial charge >= 0.3 is 0 Å². The molecule has 0 aromatic heterocycles. The Bertz CT molecular complexity index is 83.7. The fraction of sp³-hybridized carbons (Fsp3) is 0.250. The maximum absolute atomic E-state index is 4.96. The van der Waals surface area contributed by atoms with Gasteiger partial charge in [0.1, 0.15) is 5.82 Å². The summed E-state index contributed by atoms with van der Waals surface area (Å²) < 4.78 is 0. The monoisotopic (exact) mass is 84.1 g/mol. The lowest BCUT2D eigenvalue weighted by atomic mass is 10.6. The molecular formula is C4H8N2. The van der Waals surface area contributed by atoms with Crippen molar-refractivity contribution in [3.8, 4) is 0 Å². The van der Waals surface area contributed by atoms with Gasteiger partial charge in [-0.1, -0.05) is 5.73 Å². The van der Waals surface area contributed by atoms with Crippen molar-refractivity contribution in [1.29, 1.82) is 0 Å². The Kier molecular flexibility index (Phi) is 2.02. The lowest BCUT2D eigenvalue weighted by Gasteiger charge is -1.74. The smallest absolute Gasteiger partial charge is 0.138 e. The van der Waals surface area contributed by atoms with Gasteiger partial charge in [-0.05, 0) is 13.0 Å². The zero-order valence-corrected chi connectivity index (χ0v) is 3.73. The van der Waals surface area contributed by atoms with E-state index in [1.807, 2.05) is 0 Å². The molecule has 0 heterocycles. The molecule has 0 atom stereocenters. The van der Waals surface area contributed by atoms with Crippen LogP contribution < -0.4 is 11.5 Å². The average molecular weight is 84.1 g/mol. The van der Waals surface area contributed by atoms with Gasteiger partial charge in [0.2, 0.25) is 0 Å². The molecule has 0 saturated carbocycles. The SMILES string of the molecule is CC=C=C(N)N. The molecule has 0 aliphatic heterocycles. The number of hydrogen-bond acceptors (Lipinski definition) is 2. The molecule has 0 radical (unpaired) electrons. The molecule has 0 saturated heterocycles. The highest BCUT2D eigenvalue weighted by atomic mass is 14.8. The van der Waals surface area contributed by atoms with E-state index in [0.29, 0.717) is 0 Å². The number of nitrogens with two attached hydrogens (primary N) is 2. The fourth-order valence-corrected chi connectivity index (χ4v) is 0.167. The molecule has 0 fully saturated rings. The van der Waals surface area contributed by atoms with Gasteiger partial charge in [-0.2, -0.15) is 0 Å². The Morgan fingerprint density at radius 3 is 2.17 bits per heavy atom. The Labute approximate surface area is 37.1 Å². The summed E-state index contributed by atoms with van der Waals surface area (Å²) >= 11 is 0. The van der Waals surface area contributed by atoms with E-state index in [9.17, 15) is 0 Å². The molecule has 2 nitrogen and oxygen atoms in total. The molecule has 0 rings (SSSR count). The van der Waals surface area contributed by atoms with Crippen LogP contribution in [0.2, 0.25) is 0 Å². The van der Waals surface area contributed by atoms with E-state index in [4.69, 9.17) is 11.5 Å². The summed E-state index contributed by atoms with van der Waals surface area (Å²) in [5.41, 5.74) is 12.5. The molecule has 0 bridgehead atoms. The van der Waals surface area contributed by atoms with Crippen molar-refractivity contribution < 1.29 is 0 Å². The number of hydrogen-bond donors (Lipinski definition) is 2. The summed E-state index contributed by atoms with van der Waals surface area (Å²) in [5, 5.41) is 0. The zero-order valence-electron chi connectivity index (χ0n) is 3.73. The van der Waals surface area contributed by atoms with Crippen molar-refractivity contribution in [3.05, 3.63) is 17.6 Å². The highest BCUT2D eigenvalue weighted by molar-refractivity contribution is 4.88. The first-order valence-electron chi connectivity index (χ1n) is 1.69. The third-order valence-electron chi connectivity index (χ3n) is 0.311. The van der Waals surface area contributed by atoms with Gasteiger partial charge in [-0.3, -0.25) is 0 Å². The first kappa shape index (κ1) is 5.12. The van der Waals surface area contributed by atoms with Crippen LogP contribution in [0.5, 0.6) is 0 Å². The predicted octanol–water partition coefficient (Wildman–Crippen LogP) is -0.0798. The van der Waals surface area contributed by atoms with E-state index in [-0.39, 0.29) is 5.82 Å². The maximum Gasteiger partial charge on any atom is 0.138 e. The Morgan fingerprint density at radius 2 is 2.17 bits per heavy atom. The molecular weight excluding hydrogens is 76.1 g/mol. The first-order chi connectivity index (χ1) is 2.77. The lowest BCUT2D eigenvalue weighted by Crippen LogP contribution is -2.05. The summed E-state index contributed by atoms with van der Waals surface area (Å²) in [5.74, 6) is 0.234. The number of rotatable bonds is 0. The molecule has 0 amide bonds. The van der Waals surface area contributed by atoms with Crippen LogP contribution in [0.25, 0.3) is 0 Å². The van der Waals surface area contributed by atoms with Crippen LogP contribution in [-0.4, -0.2) is 0 Å². The van der Waals surface area contributed by atoms with Gasteiger partial charge in [-0.15, -0.1) is 0 Å². The summed E-state index contributed by atoms with van der Waals surface area (Å²) in [6.07, 6.45) is 1.66. The van der Waals surface area contributed by atoms with E-state index < -0.39 is 0 Å². The van der Waals surface area contributed by atoms with E-state index in [2.05, 4.69) is 5.73 Å². The van der Waals surface area contributed by atoms with Gasteiger partial charge in [0.15, 0.2) is 0 Å². The summed E-state index contributed by atoms with van der Waals surface area (Å²) in [7, 11) is 0. The largest absolute Gasteiger partial charge is 0.379 e. The van der Waals surface area contributed by atoms with Crippen molar-refractivity contribution >= 4 is 0 Å². The van der Waals surface area contributed by atoms with Gasteiger partial charge in [0.05, 0.1) is 0 Å². The Morgan fingerprint density at radius 1 is 1.67 bits per heavy atom. The second kappa shape index (κ2) is 2.36. The van der Waals surface area contributed by atoms with Crippen molar-refractivity contribution in [2.45, 2.75) is 6.92 Å². The topological polar surface area (TPSA) is 52.0 Å². The van der Waals surface area contributed by atoms with E-state index >= 15 is 0 Å². The minimum Gasteiger partial charge on any atom is -0.379 e. The highest BCUT2D eigenvalue weighted by Crippen LogP contribution is 1.59. The van der Waals surface area contributed by atoms with Crippen molar-refractivity contribution in [2.24, 2.45) is 11.5 Å². The second-order valence-electron chi connectivity index (χ2n) is 0.888. The summed E-state index contributed by atoms with van der Waals surface area (Å²) in [6.45, 7) is 1.81. The van der Waals surface area contributed by atoms with E-state index in [0.717, 1.165) is 0 Å². The molecule has 0 aromatic carbocycles. The Hall–Kier alpha value is -0.880. The normalized spacial score (nSPS) is 6.17. The van der Waals surface area contributed by atoms with E-state index in [1.165, 1.54) is 0 Å². The third kappa shape index (κ3) is 3.12. The average Bonchev–Trinajstić information content (AvgIpc) is 1.35. The minimum atomic E-state index is 0.234. The quantitative estimate of drug-likeness (QED) is 0.403. The summed E-state index contributed by atoms with van der Waals surface area (Å²) in [4.78, 5) is 0. The van der Waals surface area contributed by atoms with Gasteiger partial charge in [0, 0.05) is 0 Å². The van der Waals surface area contributed by atoms with Crippen LogP contribution >= 0.6 is 0 Å². The van der Waals surface area contributed by atoms with Crippen LogP contribution in [0.15, 0.2) is 17.6 Å². The summed E-state index contributed by atoms with van der Waals surface area (Å²) in [6, 6.07) is 0. The molecule has 2 heteroatoms. The standard InChI is InChI=1S/C4H8N2/c1-2-3-4(5)6/h2H,5-6H2,1H3. The lowest BCUT2D eigenvalue weighted by molar-refractivity contribution is 1.26. The zero-order chi connectivity index (χ0) is 4.99. The van der Waals surface area contributed by atoms with Gasteiger partial charge < -0.3 is 11.5 Å².